The minimum atomic E-state index is -1.19. The molecule has 0 radical (unpaired) electrons. The number of aromatic nitrogens is 3. The fourth-order valence-electron chi connectivity index (χ4n) is 3.64. The van der Waals surface area contributed by atoms with E-state index in [1.54, 1.807) is 6.07 Å². The molecule has 1 aliphatic rings. The van der Waals surface area contributed by atoms with Crippen molar-refractivity contribution in [1.82, 2.24) is 19.9 Å². The van der Waals surface area contributed by atoms with Gasteiger partial charge in [-0.2, -0.15) is 5.10 Å². The maximum absolute atomic E-state index is 14.2. The lowest BCUT2D eigenvalue weighted by molar-refractivity contribution is 0.00671. The summed E-state index contributed by atoms with van der Waals surface area (Å²) in [6, 6.07) is 3.90. The van der Waals surface area contributed by atoms with E-state index in [-0.39, 0.29) is 11.4 Å². The van der Waals surface area contributed by atoms with Gasteiger partial charge in [0.15, 0.2) is 5.82 Å². The van der Waals surface area contributed by atoms with E-state index < -0.39 is 29.4 Å². The predicted molar refractivity (Wildman–Crippen MR) is 94.7 cm³/mol. The van der Waals surface area contributed by atoms with Gasteiger partial charge in [0.2, 0.25) is 0 Å². The smallest absolute Gasteiger partial charge is 0.151 e. The number of nitrogens with zero attached hydrogens (tertiary/aromatic N) is 3. The first-order valence-corrected chi connectivity index (χ1v) is 8.59. The van der Waals surface area contributed by atoms with Gasteiger partial charge >= 0.3 is 0 Å². The number of anilines is 1. The highest BCUT2D eigenvalue weighted by Gasteiger charge is 2.35. The minimum absolute atomic E-state index is 0.130. The zero-order valence-electron chi connectivity index (χ0n) is 14.4. The van der Waals surface area contributed by atoms with Crippen LogP contribution in [0, 0.1) is 11.6 Å². The normalized spacial score (nSPS) is 20.3. The van der Waals surface area contributed by atoms with Gasteiger partial charge in [0.25, 0.3) is 0 Å². The van der Waals surface area contributed by atoms with Crippen molar-refractivity contribution in [3.05, 3.63) is 47.4 Å². The molecule has 0 aliphatic carbocycles. The molecule has 1 saturated heterocycles. The summed E-state index contributed by atoms with van der Waals surface area (Å²) in [7, 11) is 0. The maximum Gasteiger partial charge on any atom is 0.151 e. The second-order valence-electron chi connectivity index (χ2n) is 6.74. The molecular weight excluding hydrogens is 356 g/mol. The first kappa shape index (κ1) is 17.8. The average molecular weight is 375 g/mol. The van der Waals surface area contributed by atoms with Gasteiger partial charge in [-0.1, -0.05) is 0 Å². The number of fused-ring (bicyclic) bond motifs is 1. The number of nitrogens with two attached hydrogens (primary N) is 1. The number of hydrogen-bond donors (Lipinski definition) is 4. The summed E-state index contributed by atoms with van der Waals surface area (Å²) in [5.41, 5.74) is 5.89. The number of aliphatic hydroxyl groups excluding tert-OH is 1. The van der Waals surface area contributed by atoms with Crippen LogP contribution in [-0.4, -0.2) is 37.9 Å². The fourth-order valence-corrected chi connectivity index (χ4v) is 3.64. The van der Waals surface area contributed by atoms with Crippen LogP contribution in [0.15, 0.2) is 24.5 Å². The van der Waals surface area contributed by atoms with Crippen molar-refractivity contribution in [1.29, 1.82) is 0 Å². The molecule has 27 heavy (non-hydrogen) atoms. The third-order valence-electron chi connectivity index (χ3n) is 5.03. The quantitative estimate of drug-likeness (QED) is 0.550. The molecular formula is C18H19F2N5O2. The summed E-state index contributed by atoms with van der Waals surface area (Å²) < 4.78 is 29.9. The van der Waals surface area contributed by atoms with Crippen LogP contribution < -0.4 is 11.1 Å². The highest BCUT2D eigenvalue weighted by atomic mass is 19.1. The molecule has 5 N–H and O–H groups in total. The van der Waals surface area contributed by atoms with Crippen LogP contribution >= 0.6 is 0 Å². The summed E-state index contributed by atoms with van der Waals surface area (Å²) >= 11 is 0. The molecule has 1 aliphatic heterocycles. The lowest BCUT2D eigenvalue weighted by Gasteiger charge is -2.32. The van der Waals surface area contributed by atoms with E-state index in [2.05, 4.69) is 15.4 Å². The highest BCUT2D eigenvalue weighted by Crippen LogP contribution is 2.37. The van der Waals surface area contributed by atoms with E-state index in [4.69, 9.17) is 10.8 Å². The Labute approximate surface area is 153 Å². The van der Waals surface area contributed by atoms with Gasteiger partial charge in [-0.3, -0.25) is 0 Å². The van der Waals surface area contributed by atoms with Gasteiger partial charge in [-0.15, -0.1) is 0 Å². The summed E-state index contributed by atoms with van der Waals surface area (Å²) in [5, 5.41) is 27.6. The standard InChI is InChI=1S/C18H19F2N5O2/c19-13-4-10(5-14(20)12(13)7-26)11-6-15(18(27)2-1-3-22-8-18)25-16(11)17(21)23-9-24-25/h4-6,9,22,26-27H,1-3,7-8H2,(H2,21,23,24). The summed E-state index contributed by atoms with van der Waals surface area (Å²) in [6.07, 6.45) is 2.56. The van der Waals surface area contributed by atoms with Crippen LogP contribution in [0.25, 0.3) is 16.6 Å². The van der Waals surface area contributed by atoms with Crippen LogP contribution in [-0.2, 0) is 12.2 Å². The van der Waals surface area contributed by atoms with Crippen molar-refractivity contribution in [3.8, 4) is 11.1 Å². The minimum Gasteiger partial charge on any atom is -0.391 e. The van der Waals surface area contributed by atoms with E-state index >= 15 is 0 Å². The lowest BCUT2D eigenvalue weighted by Crippen LogP contribution is -2.44. The zero-order valence-corrected chi connectivity index (χ0v) is 14.4. The van der Waals surface area contributed by atoms with Crippen LogP contribution in [0.1, 0.15) is 24.1 Å². The molecule has 9 heteroatoms. The number of nitrogens with one attached hydrogen (secondary N) is 1. The van der Waals surface area contributed by atoms with E-state index in [1.807, 2.05) is 0 Å². The molecule has 0 spiro atoms. The Balaban J connectivity index is 1.97. The Morgan fingerprint density at radius 3 is 2.63 bits per heavy atom. The third-order valence-corrected chi connectivity index (χ3v) is 5.03. The topological polar surface area (TPSA) is 109 Å². The van der Waals surface area contributed by atoms with Crippen molar-refractivity contribution >= 4 is 11.3 Å². The van der Waals surface area contributed by atoms with Gasteiger partial charge in [0, 0.05) is 17.7 Å². The van der Waals surface area contributed by atoms with E-state index in [0.717, 1.165) is 25.1 Å². The molecule has 7 nitrogen and oxygen atoms in total. The van der Waals surface area contributed by atoms with Crippen molar-refractivity contribution in [2.45, 2.75) is 25.0 Å². The lowest BCUT2D eigenvalue weighted by atomic mass is 9.90. The summed E-state index contributed by atoms with van der Waals surface area (Å²) in [6.45, 7) is 0.389. The Kier molecular flexibility index (Phi) is 4.29. The SMILES string of the molecule is Nc1ncnn2c(C3(O)CCCNC3)cc(-c3cc(F)c(CO)c(F)c3)c12. The molecule has 3 aromatic rings. The number of piperidine rings is 1. The average Bonchev–Trinajstić information content (AvgIpc) is 3.04. The largest absolute Gasteiger partial charge is 0.391 e. The van der Waals surface area contributed by atoms with Gasteiger partial charge in [-0.25, -0.2) is 18.3 Å². The second-order valence-corrected chi connectivity index (χ2v) is 6.74. The number of halogens is 2. The first-order valence-electron chi connectivity index (χ1n) is 8.59. The summed E-state index contributed by atoms with van der Waals surface area (Å²) in [5.74, 6) is -1.59. The van der Waals surface area contributed by atoms with Gasteiger partial charge in [0.1, 0.15) is 29.1 Å². The van der Waals surface area contributed by atoms with Crippen LogP contribution in [0.5, 0.6) is 0 Å². The van der Waals surface area contributed by atoms with E-state index in [9.17, 15) is 13.9 Å². The highest BCUT2D eigenvalue weighted by molar-refractivity contribution is 5.88. The summed E-state index contributed by atoms with van der Waals surface area (Å²) in [4.78, 5) is 3.97. The molecule has 0 bridgehead atoms. The van der Waals surface area contributed by atoms with Crippen molar-refractivity contribution in [3.63, 3.8) is 0 Å². The Morgan fingerprint density at radius 2 is 2.00 bits per heavy atom. The van der Waals surface area contributed by atoms with Gasteiger partial charge < -0.3 is 21.3 Å². The van der Waals surface area contributed by atoms with Crippen LogP contribution in [0.4, 0.5) is 14.6 Å². The molecule has 1 aromatic carbocycles. The van der Waals surface area contributed by atoms with Gasteiger partial charge in [-0.05, 0) is 43.1 Å². The molecule has 0 amide bonds. The number of benzene rings is 1. The maximum atomic E-state index is 14.2. The molecule has 142 valence electrons. The molecule has 2 aromatic heterocycles. The molecule has 1 fully saturated rings. The van der Waals surface area contributed by atoms with Crippen LogP contribution in [0.2, 0.25) is 0 Å². The van der Waals surface area contributed by atoms with Crippen LogP contribution in [0.3, 0.4) is 0 Å². The number of hydrogen-bond acceptors (Lipinski definition) is 6. The van der Waals surface area contributed by atoms with Crippen molar-refractivity contribution in [2.75, 3.05) is 18.8 Å². The molecule has 1 atom stereocenters. The molecule has 3 heterocycles. The monoisotopic (exact) mass is 375 g/mol. The van der Waals surface area contributed by atoms with E-state index in [1.165, 1.54) is 10.8 Å². The van der Waals surface area contributed by atoms with Crippen molar-refractivity contribution in [2.24, 2.45) is 0 Å². The number of rotatable bonds is 3. The number of aliphatic hydroxyl groups is 2. The predicted octanol–water partition coefficient (Wildman–Crippen LogP) is 1.32. The fraction of sp³-hybridized carbons (Fsp3) is 0.333. The first-order chi connectivity index (χ1) is 12.9. The number of nitrogen functional groups attached to an aromatic ring is 1. The molecule has 1 unspecified atom stereocenters. The third kappa shape index (κ3) is 2.84. The van der Waals surface area contributed by atoms with E-state index in [0.29, 0.717) is 29.7 Å². The zero-order chi connectivity index (χ0) is 19.2. The molecule has 4 rings (SSSR count). The van der Waals surface area contributed by atoms with Crippen molar-refractivity contribution < 1.29 is 19.0 Å². The second kappa shape index (κ2) is 6.52. The number of β-amino-alcohol motifs (C(OH)–C–C–N with tert-alkyl or cyclic N) is 1. The Bertz CT molecular complexity index is 991. The van der Waals surface area contributed by atoms with Gasteiger partial charge in [0.05, 0.1) is 12.3 Å². The Morgan fingerprint density at radius 1 is 1.26 bits per heavy atom. The Hall–Kier alpha value is -2.62. The molecule has 0 saturated carbocycles.